The number of nitrogens with one attached hydrogen (secondary N) is 1. The molecule has 32 heavy (non-hydrogen) atoms. The van der Waals surface area contributed by atoms with Crippen LogP contribution in [0, 0.1) is 19.8 Å². The maximum absolute atomic E-state index is 13.3. The average molecular weight is 441 g/mol. The molecule has 0 aliphatic rings. The average Bonchev–Trinajstić information content (AvgIpc) is 2.78. The molecule has 1 N–H and O–H groups in total. The second-order valence-electron chi connectivity index (χ2n) is 8.49. The molecule has 2 aromatic rings. The number of benzene rings is 2. The third-order valence-electron chi connectivity index (χ3n) is 5.28. The number of nitrogens with zero attached hydrogens (tertiary/aromatic N) is 1. The van der Waals surface area contributed by atoms with E-state index < -0.39 is 6.04 Å². The van der Waals surface area contributed by atoms with Gasteiger partial charge in [-0.05, 0) is 61.1 Å². The monoisotopic (exact) mass is 440 g/mol. The molecule has 0 aromatic heterocycles. The first-order valence-electron chi connectivity index (χ1n) is 11.1. The van der Waals surface area contributed by atoms with Gasteiger partial charge in [0.1, 0.15) is 17.5 Å². The highest BCUT2D eigenvalue weighted by Gasteiger charge is 2.29. The summed E-state index contributed by atoms with van der Waals surface area (Å²) >= 11 is 0. The number of carbonyl (C=O) groups excluding carboxylic acids is 2. The zero-order valence-electron chi connectivity index (χ0n) is 20.1. The van der Waals surface area contributed by atoms with Gasteiger partial charge in [0.25, 0.3) is 5.91 Å². The molecule has 2 rings (SSSR count). The highest BCUT2D eigenvalue weighted by atomic mass is 16.5. The number of ether oxygens (including phenoxy) is 2. The minimum absolute atomic E-state index is 0.131. The van der Waals surface area contributed by atoms with Gasteiger partial charge in [-0.25, -0.2) is 0 Å². The van der Waals surface area contributed by atoms with E-state index in [9.17, 15) is 9.59 Å². The minimum Gasteiger partial charge on any atom is -0.497 e. The van der Waals surface area contributed by atoms with Gasteiger partial charge in [0.05, 0.1) is 7.11 Å². The second kappa shape index (κ2) is 12.1. The summed E-state index contributed by atoms with van der Waals surface area (Å²) in [5.74, 6) is 1.38. The van der Waals surface area contributed by atoms with Crippen LogP contribution in [0.5, 0.6) is 11.5 Å². The molecule has 0 aliphatic carbocycles. The summed E-state index contributed by atoms with van der Waals surface area (Å²) in [5, 5.41) is 2.97. The summed E-state index contributed by atoms with van der Waals surface area (Å²) < 4.78 is 11.1. The van der Waals surface area contributed by atoms with E-state index in [1.807, 2.05) is 77.1 Å². The van der Waals surface area contributed by atoms with E-state index >= 15 is 0 Å². The number of hydrogen-bond acceptors (Lipinski definition) is 4. The van der Waals surface area contributed by atoms with Crippen molar-refractivity contribution in [3.63, 3.8) is 0 Å². The lowest BCUT2D eigenvalue weighted by molar-refractivity contribution is -0.143. The van der Waals surface area contributed by atoms with Crippen molar-refractivity contribution in [1.29, 1.82) is 0 Å². The first-order valence-corrected chi connectivity index (χ1v) is 11.1. The van der Waals surface area contributed by atoms with Gasteiger partial charge in [0, 0.05) is 13.1 Å². The first-order chi connectivity index (χ1) is 15.2. The molecule has 2 aromatic carbocycles. The Bertz CT molecular complexity index is 893. The van der Waals surface area contributed by atoms with Gasteiger partial charge in [-0.2, -0.15) is 0 Å². The molecule has 0 unspecified atom stereocenters. The molecule has 2 amide bonds. The van der Waals surface area contributed by atoms with Crippen LogP contribution in [0.25, 0.3) is 0 Å². The van der Waals surface area contributed by atoms with Crippen LogP contribution in [0.2, 0.25) is 0 Å². The normalized spacial score (nSPS) is 11.7. The lowest BCUT2D eigenvalue weighted by Gasteiger charge is -2.31. The molecule has 0 saturated carbocycles. The largest absolute Gasteiger partial charge is 0.497 e. The van der Waals surface area contributed by atoms with E-state index in [0.717, 1.165) is 22.4 Å². The lowest BCUT2D eigenvalue weighted by atomic mass is 10.1. The fourth-order valence-corrected chi connectivity index (χ4v) is 3.35. The SMILES string of the molecule is CC[C@H](C(=O)NCC(C)C)N(Cc1ccc(OC)cc1)C(=O)COc1cc(C)ccc1C. The number of hydrogen-bond donors (Lipinski definition) is 1. The molecule has 1 atom stereocenters. The third-order valence-corrected chi connectivity index (χ3v) is 5.28. The Morgan fingerprint density at radius 2 is 1.75 bits per heavy atom. The van der Waals surface area contributed by atoms with Gasteiger partial charge < -0.3 is 19.7 Å². The predicted molar refractivity (Wildman–Crippen MR) is 127 cm³/mol. The maximum Gasteiger partial charge on any atom is 0.261 e. The minimum atomic E-state index is -0.578. The van der Waals surface area contributed by atoms with E-state index in [1.165, 1.54) is 0 Å². The second-order valence-corrected chi connectivity index (χ2v) is 8.49. The Morgan fingerprint density at radius 1 is 1.06 bits per heavy atom. The van der Waals surface area contributed by atoms with Crippen LogP contribution in [0.4, 0.5) is 0 Å². The number of methoxy groups -OCH3 is 1. The van der Waals surface area contributed by atoms with Crippen molar-refractivity contribution in [2.75, 3.05) is 20.3 Å². The Labute approximate surface area is 191 Å². The van der Waals surface area contributed by atoms with Crippen LogP contribution in [-0.4, -0.2) is 43.0 Å². The quantitative estimate of drug-likeness (QED) is 0.567. The summed E-state index contributed by atoms with van der Waals surface area (Å²) in [5.41, 5.74) is 2.94. The smallest absolute Gasteiger partial charge is 0.261 e. The van der Waals surface area contributed by atoms with Crippen LogP contribution in [0.1, 0.15) is 43.9 Å². The molecule has 0 spiro atoms. The summed E-state index contributed by atoms with van der Waals surface area (Å²) in [4.78, 5) is 27.8. The van der Waals surface area contributed by atoms with E-state index in [4.69, 9.17) is 9.47 Å². The summed E-state index contributed by atoms with van der Waals surface area (Å²) in [7, 11) is 1.61. The Balaban J connectivity index is 2.22. The molecular formula is C26H36N2O4. The lowest BCUT2D eigenvalue weighted by Crippen LogP contribution is -2.50. The fourth-order valence-electron chi connectivity index (χ4n) is 3.35. The molecule has 174 valence electrons. The van der Waals surface area contributed by atoms with Gasteiger partial charge in [0.2, 0.25) is 5.91 Å². The van der Waals surface area contributed by atoms with Crippen LogP contribution in [-0.2, 0) is 16.1 Å². The predicted octanol–water partition coefficient (Wildman–Crippen LogP) is 4.27. The summed E-state index contributed by atoms with van der Waals surface area (Å²) in [6.07, 6.45) is 0.509. The van der Waals surface area contributed by atoms with E-state index in [0.29, 0.717) is 31.2 Å². The van der Waals surface area contributed by atoms with Gasteiger partial charge >= 0.3 is 0 Å². The van der Waals surface area contributed by atoms with E-state index in [-0.39, 0.29) is 18.4 Å². The van der Waals surface area contributed by atoms with Gasteiger partial charge in [0.15, 0.2) is 6.61 Å². The molecule has 0 heterocycles. The molecule has 0 fully saturated rings. The molecule has 6 nitrogen and oxygen atoms in total. The van der Waals surface area contributed by atoms with Crippen LogP contribution < -0.4 is 14.8 Å². The molecule has 0 saturated heterocycles. The van der Waals surface area contributed by atoms with Crippen LogP contribution >= 0.6 is 0 Å². The van der Waals surface area contributed by atoms with Crippen molar-refractivity contribution in [2.45, 2.75) is 53.6 Å². The van der Waals surface area contributed by atoms with E-state index in [2.05, 4.69) is 5.32 Å². The third kappa shape index (κ3) is 7.29. The topological polar surface area (TPSA) is 67.9 Å². The maximum atomic E-state index is 13.3. The fraction of sp³-hybridized carbons (Fsp3) is 0.462. The number of amides is 2. The van der Waals surface area contributed by atoms with Crippen LogP contribution in [0.15, 0.2) is 42.5 Å². The molecule has 0 bridgehead atoms. The molecule has 0 aliphatic heterocycles. The standard InChI is InChI=1S/C26H36N2O4/c1-7-23(26(30)27-15-18(2)3)28(16-21-10-12-22(31-6)13-11-21)25(29)17-32-24-14-19(4)8-9-20(24)5/h8-14,18,23H,7,15-17H2,1-6H3,(H,27,30)/t23-/m1/s1. The summed E-state index contributed by atoms with van der Waals surface area (Å²) in [6, 6.07) is 12.8. The first kappa shape index (κ1) is 25.2. The van der Waals surface area contributed by atoms with Crippen molar-refractivity contribution >= 4 is 11.8 Å². The summed E-state index contributed by atoms with van der Waals surface area (Å²) in [6.45, 7) is 10.7. The van der Waals surface area contributed by atoms with Crippen molar-refractivity contribution < 1.29 is 19.1 Å². The molecule has 6 heteroatoms. The Hall–Kier alpha value is -3.02. The zero-order chi connectivity index (χ0) is 23.7. The van der Waals surface area contributed by atoms with Gasteiger partial charge in [-0.3, -0.25) is 9.59 Å². The number of aryl methyl sites for hydroxylation is 2. The molecule has 0 radical (unpaired) electrons. The zero-order valence-corrected chi connectivity index (χ0v) is 20.1. The van der Waals surface area contributed by atoms with Crippen molar-refractivity contribution in [2.24, 2.45) is 5.92 Å². The Morgan fingerprint density at radius 3 is 2.34 bits per heavy atom. The van der Waals surface area contributed by atoms with Crippen molar-refractivity contribution in [1.82, 2.24) is 10.2 Å². The van der Waals surface area contributed by atoms with Crippen molar-refractivity contribution in [3.05, 3.63) is 59.2 Å². The highest BCUT2D eigenvalue weighted by Crippen LogP contribution is 2.20. The number of carbonyl (C=O) groups is 2. The number of rotatable bonds is 11. The Kier molecular flexibility index (Phi) is 9.57. The van der Waals surface area contributed by atoms with Crippen LogP contribution in [0.3, 0.4) is 0 Å². The van der Waals surface area contributed by atoms with Gasteiger partial charge in [-0.1, -0.05) is 45.0 Å². The highest BCUT2D eigenvalue weighted by molar-refractivity contribution is 5.88. The molecular weight excluding hydrogens is 404 g/mol. The van der Waals surface area contributed by atoms with E-state index in [1.54, 1.807) is 12.0 Å². The van der Waals surface area contributed by atoms with Crippen molar-refractivity contribution in [3.8, 4) is 11.5 Å². The van der Waals surface area contributed by atoms with Gasteiger partial charge in [-0.15, -0.1) is 0 Å².